The molecule has 2 aliphatic rings. The number of carbonyl (C=O) groups is 1. The number of anilines is 2. The highest BCUT2D eigenvalue weighted by atomic mass is 16.5. The fraction of sp³-hybridized carbons (Fsp3) is 0.400. The lowest BCUT2D eigenvalue weighted by Gasteiger charge is -2.25. The summed E-state index contributed by atoms with van der Waals surface area (Å²) in [6.45, 7) is 3.10. The molecule has 1 amide bonds. The Morgan fingerprint density at radius 3 is 2.79 bits per heavy atom. The zero-order valence-electron chi connectivity index (χ0n) is 19.8. The number of aromatic nitrogens is 4. The van der Waals surface area contributed by atoms with Crippen LogP contribution >= 0.6 is 0 Å². The van der Waals surface area contributed by atoms with Crippen LogP contribution in [0.1, 0.15) is 29.6 Å². The fourth-order valence-electron chi connectivity index (χ4n) is 5.59. The molecule has 2 aromatic heterocycles. The maximum Gasteiger partial charge on any atom is 0.258 e. The van der Waals surface area contributed by atoms with Crippen molar-refractivity contribution < 1.29 is 9.53 Å². The minimum absolute atomic E-state index is 0.216. The number of methoxy groups -OCH3 is 1. The first-order chi connectivity index (χ1) is 16.4. The number of amides is 1. The van der Waals surface area contributed by atoms with E-state index in [0.717, 1.165) is 48.0 Å². The molecule has 2 aromatic carbocycles. The summed E-state index contributed by atoms with van der Waals surface area (Å²) in [4.78, 5) is 15.9. The molecule has 2 N–H and O–H groups in total. The molecule has 0 bridgehead atoms. The van der Waals surface area contributed by atoms with Gasteiger partial charge in [0, 0.05) is 67.6 Å². The third kappa shape index (κ3) is 3.38. The van der Waals surface area contributed by atoms with Gasteiger partial charge in [0.25, 0.3) is 5.91 Å². The maximum atomic E-state index is 13.4. The number of ether oxygens (including phenoxy) is 1. The number of benzene rings is 2. The Hall–Kier alpha value is -3.59. The van der Waals surface area contributed by atoms with E-state index in [9.17, 15) is 4.79 Å². The van der Waals surface area contributed by atoms with E-state index in [1.165, 1.54) is 12.8 Å². The Balaban J connectivity index is 1.34. The van der Waals surface area contributed by atoms with Crippen molar-refractivity contribution in [2.45, 2.75) is 24.8 Å². The summed E-state index contributed by atoms with van der Waals surface area (Å²) in [5, 5.41) is 17.8. The van der Waals surface area contributed by atoms with Crippen LogP contribution in [-0.4, -0.2) is 57.8 Å². The van der Waals surface area contributed by atoms with Crippen molar-refractivity contribution in [3.8, 4) is 5.75 Å². The van der Waals surface area contributed by atoms with Crippen molar-refractivity contribution in [3.63, 3.8) is 0 Å². The molecule has 4 heterocycles. The molecular weight excluding hydrogens is 430 g/mol. The third-order valence-electron chi connectivity index (χ3n) is 7.23. The van der Waals surface area contributed by atoms with Gasteiger partial charge in [0.1, 0.15) is 11.3 Å². The normalized spacial score (nSPS) is 20.1. The van der Waals surface area contributed by atoms with Crippen molar-refractivity contribution in [2.24, 2.45) is 14.1 Å². The van der Waals surface area contributed by atoms with Gasteiger partial charge in [-0.1, -0.05) is 0 Å². The lowest BCUT2D eigenvalue weighted by Crippen LogP contribution is -2.42. The summed E-state index contributed by atoms with van der Waals surface area (Å²) >= 11 is 0. The van der Waals surface area contributed by atoms with Gasteiger partial charge >= 0.3 is 0 Å². The van der Waals surface area contributed by atoms with Crippen molar-refractivity contribution in [1.29, 1.82) is 0 Å². The number of nitrogens with one attached hydrogen (secondary N) is 2. The molecule has 176 valence electrons. The van der Waals surface area contributed by atoms with Gasteiger partial charge in [0.15, 0.2) is 0 Å². The molecule has 0 saturated carbocycles. The number of nitrogens with zero attached hydrogens (tertiary/aromatic N) is 5. The highest BCUT2D eigenvalue weighted by Gasteiger charge is 2.40. The van der Waals surface area contributed by atoms with E-state index in [1.807, 2.05) is 44.7 Å². The van der Waals surface area contributed by atoms with Crippen molar-refractivity contribution in [2.75, 3.05) is 37.0 Å². The van der Waals surface area contributed by atoms with E-state index >= 15 is 0 Å². The van der Waals surface area contributed by atoms with Gasteiger partial charge in [-0.15, -0.1) is 0 Å². The van der Waals surface area contributed by atoms with E-state index in [-0.39, 0.29) is 11.4 Å². The molecule has 1 atom stereocenters. The topological polar surface area (TPSA) is 89.2 Å². The van der Waals surface area contributed by atoms with Crippen LogP contribution in [0.15, 0.2) is 36.7 Å². The third-order valence-corrected chi connectivity index (χ3v) is 7.23. The van der Waals surface area contributed by atoms with Crippen molar-refractivity contribution in [3.05, 3.63) is 42.2 Å². The standard InChI is InChI=1S/C25H29N7O2/c1-30-13-16-11-20(22(34-3)12-19(16)28-30)27-24(33)17-5-6-21(18-14-31(2)29-23(17)18)32-10-8-25(15-32)7-4-9-26-25/h5-6,11-14,26H,4,7-10,15H2,1-3H3,(H,27,33). The van der Waals surface area contributed by atoms with Gasteiger partial charge in [-0.2, -0.15) is 10.2 Å². The SMILES string of the molecule is COc1cc2nn(C)cc2cc1NC(=O)c1ccc(N2CCC3(CCCN3)C2)c2cn(C)nc12. The minimum Gasteiger partial charge on any atom is -0.494 e. The molecule has 2 saturated heterocycles. The zero-order valence-corrected chi connectivity index (χ0v) is 19.8. The van der Waals surface area contributed by atoms with E-state index in [1.54, 1.807) is 16.5 Å². The highest BCUT2D eigenvalue weighted by Crippen LogP contribution is 2.37. The van der Waals surface area contributed by atoms with Crippen LogP contribution in [0, 0.1) is 0 Å². The first-order valence-corrected chi connectivity index (χ1v) is 11.7. The summed E-state index contributed by atoms with van der Waals surface area (Å²) in [5.41, 5.74) is 4.04. The summed E-state index contributed by atoms with van der Waals surface area (Å²) in [7, 11) is 5.36. The molecule has 4 aromatic rings. The second-order valence-electron chi connectivity index (χ2n) is 9.55. The number of carbonyl (C=O) groups excluding carboxylic acids is 1. The quantitative estimate of drug-likeness (QED) is 0.488. The maximum absolute atomic E-state index is 13.4. The summed E-state index contributed by atoms with van der Waals surface area (Å²) in [6, 6.07) is 7.68. The minimum atomic E-state index is -0.216. The Morgan fingerprint density at radius 2 is 2.00 bits per heavy atom. The van der Waals surface area contributed by atoms with Crippen molar-refractivity contribution in [1.82, 2.24) is 24.9 Å². The predicted octanol–water partition coefficient (Wildman–Crippen LogP) is 3.05. The monoisotopic (exact) mass is 459 g/mol. The molecule has 2 aliphatic heterocycles. The van der Waals surface area contributed by atoms with Crippen LogP contribution in [0.2, 0.25) is 0 Å². The van der Waals surface area contributed by atoms with Gasteiger partial charge in [-0.05, 0) is 44.0 Å². The highest BCUT2D eigenvalue weighted by molar-refractivity contribution is 6.14. The molecule has 34 heavy (non-hydrogen) atoms. The Bertz CT molecular complexity index is 1410. The Morgan fingerprint density at radius 1 is 1.15 bits per heavy atom. The van der Waals surface area contributed by atoms with E-state index < -0.39 is 0 Å². The number of hydrogen-bond donors (Lipinski definition) is 2. The molecule has 1 unspecified atom stereocenters. The van der Waals surface area contributed by atoms with Crippen LogP contribution in [0.4, 0.5) is 11.4 Å². The number of fused-ring (bicyclic) bond motifs is 2. The molecule has 0 aliphatic carbocycles. The number of hydrogen-bond acceptors (Lipinski definition) is 6. The Labute approximate surface area is 197 Å². The lowest BCUT2D eigenvalue weighted by atomic mass is 9.97. The molecular formula is C25H29N7O2. The fourth-order valence-corrected chi connectivity index (χ4v) is 5.59. The second kappa shape index (κ2) is 7.73. The predicted molar refractivity (Wildman–Crippen MR) is 133 cm³/mol. The zero-order chi connectivity index (χ0) is 23.4. The smallest absolute Gasteiger partial charge is 0.258 e. The Kier molecular flexibility index (Phi) is 4.77. The van der Waals surface area contributed by atoms with Crippen LogP contribution in [0.3, 0.4) is 0 Å². The molecule has 9 heteroatoms. The summed E-state index contributed by atoms with van der Waals surface area (Å²) in [6.07, 6.45) is 7.54. The van der Waals surface area contributed by atoms with Crippen LogP contribution in [0.5, 0.6) is 5.75 Å². The van der Waals surface area contributed by atoms with Gasteiger partial charge in [0.2, 0.25) is 0 Å². The summed E-state index contributed by atoms with van der Waals surface area (Å²) < 4.78 is 9.06. The van der Waals surface area contributed by atoms with E-state index in [0.29, 0.717) is 22.5 Å². The first kappa shape index (κ1) is 21.0. The van der Waals surface area contributed by atoms with Crippen LogP contribution in [-0.2, 0) is 14.1 Å². The molecule has 6 rings (SSSR count). The molecule has 9 nitrogen and oxygen atoms in total. The van der Waals surface area contributed by atoms with Crippen LogP contribution in [0.25, 0.3) is 21.8 Å². The van der Waals surface area contributed by atoms with Gasteiger partial charge in [-0.25, -0.2) is 0 Å². The van der Waals surface area contributed by atoms with Crippen molar-refractivity contribution >= 4 is 39.1 Å². The van der Waals surface area contributed by atoms with Gasteiger partial charge < -0.3 is 20.3 Å². The van der Waals surface area contributed by atoms with Gasteiger partial charge in [0.05, 0.1) is 23.9 Å². The summed E-state index contributed by atoms with van der Waals surface area (Å²) in [5.74, 6) is 0.354. The second-order valence-corrected chi connectivity index (χ2v) is 9.55. The van der Waals surface area contributed by atoms with Crippen LogP contribution < -0.4 is 20.3 Å². The average Bonchev–Trinajstić information content (AvgIpc) is 3.59. The molecule has 2 fully saturated rings. The number of rotatable bonds is 4. The van der Waals surface area contributed by atoms with E-state index in [4.69, 9.17) is 4.74 Å². The van der Waals surface area contributed by atoms with Gasteiger partial charge in [-0.3, -0.25) is 14.2 Å². The molecule has 1 spiro atoms. The molecule has 0 radical (unpaired) electrons. The lowest BCUT2D eigenvalue weighted by molar-refractivity contribution is 0.102. The number of aryl methyl sites for hydroxylation is 2. The average molecular weight is 460 g/mol. The largest absolute Gasteiger partial charge is 0.494 e. The first-order valence-electron chi connectivity index (χ1n) is 11.7. The van der Waals surface area contributed by atoms with E-state index in [2.05, 4.69) is 31.8 Å².